The van der Waals surface area contributed by atoms with E-state index in [-0.39, 0.29) is 11.6 Å². The second kappa shape index (κ2) is 3.21. The third-order valence-electron chi connectivity index (χ3n) is 0.991. The number of hydrogen-bond donors (Lipinski definition) is 1. The summed E-state index contributed by atoms with van der Waals surface area (Å²) in [6.45, 7) is 2.90. The Morgan fingerprint density at radius 2 is 2.08 bits per heavy atom. The number of hydrogen-bond acceptors (Lipinski definition) is 2. The zero-order valence-electron chi connectivity index (χ0n) is 5.81. The third-order valence-corrected chi connectivity index (χ3v) is 0.991. The number of halogens is 3. The molecule has 1 rings (SSSR count). The first-order chi connectivity index (χ1) is 5.59. The van der Waals surface area contributed by atoms with Crippen LogP contribution in [0.4, 0.5) is 13.2 Å². The van der Waals surface area contributed by atoms with Gasteiger partial charge in [-0.25, -0.2) is 9.37 Å². The molecule has 1 aromatic rings. The Balaban J connectivity index is 2.92. The standard InChI is InChI=1S/C6H4F3N3/c1-3(7)6-10-5(11-12-6)2-4(8)9/h2H,1H2,(H,10,11,12). The molecule has 0 aliphatic rings. The highest BCUT2D eigenvalue weighted by Crippen LogP contribution is 2.09. The highest BCUT2D eigenvalue weighted by atomic mass is 19.3. The summed E-state index contributed by atoms with van der Waals surface area (Å²) in [5.74, 6) is -1.39. The lowest BCUT2D eigenvalue weighted by atomic mass is 10.5. The molecule has 0 saturated heterocycles. The summed E-state index contributed by atoms with van der Waals surface area (Å²) >= 11 is 0. The molecule has 3 nitrogen and oxygen atoms in total. The minimum atomic E-state index is -1.93. The smallest absolute Gasteiger partial charge is 0.259 e. The zero-order valence-corrected chi connectivity index (χ0v) is 5.81. The maximum Gasteiger partial charge on any atom is 0.274 e. The molecule has 0 fully saturated rings. The Morgan fingerprint density at radius 3 is 2.50 bits per heavy atom. The zero-order chi connectivity index (χ0) is 9.14. The van der Waals surface area contributed by atoms with Crippen LogP contribution in [0.3, 0.4) is 0 Å². The lowest BCUT2D eigenvalue weighted by Crippen LogP contribution is -1.78. The van der Waals surface area contributed by atoms with Gasteiger partial charge in [0.1, 0.15) is 0 Å². The molecule has 12 heavy (non-hydrogen) atoms. The van der Waals surface area contributed by atoms with E-state index in [0.29, 0.717) is 6.08 Å². The molecule has 1 heterocycles. The number of nitrogens with one attached hydrogen (secondary N) is 1. The van der Waals surface area contributed by atoms with Crippen molar-refractivity contribution in [2.45, 2.75) is 0 Å². The number of aromatic nitrogens is 3. The van der Waals surface area contributed by atoms with Gasteiger partial charge in [-0.05, 0) is 0 Å². The molecule has 6 heteroatoms. The molecule has 0 aliphatic carbocycles. The highest BCUT2D eigenvalue weighted by molar-refractivity contribution is 5.50. The van der Waals surface area contributed by atoms with E-state index in [2.05, 4.69) is 21.8 Å². The van der Waals surface area contributed by atoms with Crippen molar-refractivity contribution in [2.24, 2.45) is 0 Å². The van der Waals surface area contributed by atoms with E-state index in [1.807, 2.05) is 0 Å². The van der Waals surface area contributed by atoms with Crippen LogP contribution < -0.4 is 0 Å². The normalized spacial score (nSPS) is 9.58. The SMILES string of the molecule is C=C(F)c1n[nH]c(C=C(F)F)n1. The Bertz CT molecular complexity index is 325. The fourth-order valence-corrected chi connectivity index (χ4v) is 0.564. The van der Waals surface area contributed by atoms with Crippen molar-refractivity contribution < 1.29 is 13.2 Å². The van der Waals surface area contributed by atoms with Crippen LogP contribution >= 0.6 is 0 Å². The lowest BCUT2D eigenvalue weighted by molar-refractivity contribution is 0.429. The first kappa shape index (κ1) is 8.51. The largest absolute Gasteiger partial charge is 0.274 e. The van der Waals surface area contributed by atoms with Gasteiger partial charge in [-0.15, -0.1) is 0 Å². The number of rotatable bonds is 2. The van der Waals surface area contributed by atoms with Gasteiger partial charge in [-0.2, -0.15) is 13.9 Å². The van der Waals surface area contributed by atoms with Crippen LogP contribution in [-0.4, -0.2) is 15.2 Å². The minimum absolute atomic E-state index is 0.205. The monoisotopic (exact) mass is 175 g/mol. The molecule has 0 bridgehead atoms. The average molecular weight is 175 g/mol. The van der Waals surface area contributed by atoms with Crippen LogP contribution in [0.1, 0.15) is 11.6 Å². The predicted octanol–water partition coefficient (Wildman–Crippen LogP) is 1.98. The fraction of sp³-hybridized carbons (Fsp3) is 0. The molecule has 64 valence electrons. The van der Waals surface area contributed by atoms with Crippen molar-refractivity contribution in [1.29, 1.82) is 0 Å². The van der Waals surface area contributed by atoms with Gasteiger partial charge in [0.15, 0.2) is 11.7 Å². The van der Waals surface area contributed by atoms with Crippen molar-refractivity contribution in [1.82, 2.24) is 15.2 Å². The van der Waals surface area contributed by atoms with Crippen LogP contribution in [0.2, 0.25) is 0 Å². The van der Waals surface area contributed by atoms with Crippen LogP contribution in [0.15, 0.2) is 12.7 Å². The summed E-state index contributed by atoms with van der Waals surface area (Å²) < 4.78 is 35.4. The van der Waals surface area contributed by atoms with Gasteiger partial charge in [0.25, 0.3) is 6.08 Å². The van der Waals surface area contributed by atoms with E-state index in [1.54, 1.807) is 0 Å². The molecular weight excluding hydrogens is 171 g/mol. The molecule has 0 unspecified atom stereocenters. The van der Waals surface area contributed by atoms with Crippen molar-refractivity contribution in [3.8, 4) is 0 Å². The molecule has 1 N–H and O–H groups in total. The summed E-state index contributed by atoms with van der Waals surface area (Å²) in [5, 5.41) is 5.38. The minimum Gasteiger partial charge on any atom is -0.259 e. The molecule has 0 spiro atoms. The van der Waals surface area contributed by atoms with Crippen LogP contribution in [0.5, 0.6) is 0 Å². The van der Waals surface area contributed by atoms with Crippen molar-refractivity contribution >= 4 is 11.9 Å². The second-order valence-electron chi connectivity index (χ2n) is 1.88. The first-order valence-electron chi connectivity index (χ1n) is 2.89. The molecule has 0 saturated carbocycles. The quantitative estimate of drug-likeness (QED) is 0.746. The molecule has 0 aliphatic heterocycles. The Labute approximate surface area is 65.6 Å². The van der Waals surface area contributed by atoms with Gasteiger partial charge in [-0.1, -0.05) is 6.58 Å². The van der Waals surface area contributed by atoms with Gasteiger partial charge in [0.2, 0.25) is 5.82 Å². The maximum atomic E-state index is 12.2. The summed E-state index contributed by atoms with van der Waals surface area (Å²) in [6, 6.07) is 0. The average Bonchev–Trinajstić information content (AvgIpc) is 2.34. The van der Waals surface area contributed by atoms with Gasteiger partial charge >= 0.3 is 0 Å². The van der Waals surface area contributed by atoms with Crippen molar-refractivity contribution in [2.75, 3.05) is 0 Å². The van der Waals surface area contributed by atoms with Gasteiger partial charge in [0.05, 0.1) is 0 Å². The second-order valence-corrected chi connectivity index (χ2v) is 1.88. The molecule has 0 aromatic carbocycles. The Morgan fingerprint density at radius 1 is 1.42 bits per heavy atom. The van der Waals surface area contributed by atoms with E-state index < -0.39 is 11.9 Å². The van der Waals surface area contributed by atoms with Crippen molar-refractivity contribution in [3.63, 3.8) is 0 Å². The molecule has 1 aromatic heterocycles. The molecular formula is C6H4F3N3. The lowest BCUT2D eigenvalue weighted by Gasteiger charge is -1.80. The number of aromatic amines is 1. The predicted molar refractivity (Wildman–Crippen MR) is 36.7 cm³/mol. The highest BCUT2D eigenvalue weighted by Gasteiger charge is 2.04. The van der Waals surface area contributed by atoms with E-state index in [0.717, 1.165) is 0 Å². The summed E-state index contributed by atoms with van der Waals surface area (Å²) in [6.07, 6.45) is -1.48. The van der Waals surface area contributed by atoms with E-state index >= 15 is 0 Å². The maximum absolute atomic E-state index is 12.2. The molecule has 0 amide bonds. The van der Waals surface area contributed by atoms with Gasteiger partial charge in [0, 0.05) is 6.08 Å². The Hall–Kier alpha value is -1.59. The summed E-state index contributed by atoms with van der Waals surface area (Å²) in [4.78, 5) is 3.35. The summed E-state index contributed by atoms with van der Waals surface area (Å²) in [5.41, 5.74) is 0. The Kier molecular flexibility index (Phi) is 2.27. The molecule has 0 atom stereocenters. The van der Waals surface area contributed by atoms with Crippen LogP contribution in [-0.2, 0) is 0 Å². The van der Waals surface area contributed by atoms with Crippen LogP contribution in [0, 0.1) is 0 Å². The van der Waals surface area contributed by atoms with E-state index in [4.69, 9.17) is 0 Å². The number of nitrogens with zero attached hydrogens (tertiary/aromatic N) is 2. The van der Waals surface area contributed by atoms with Crippen LogP contribution in [0.25, 0.3) is 11.9 Å². The van der Waals surface area contributed by atoms with E-state index in [9.17, 15) is 13.2 Å². The van der Waals surface area contributed by atoms with Gasteiger partial charge < -0.3 is 0 Å². The van der Waals surface area contributed by atoms with Crippen molar-refractivity contribution in [3.05, 3.63) is 24.3 Å². The van der Waals surface area contributed by atoms with E-state index in [1.165, 1.54) is 0 Å². The third kappa shape index (κ3) is 1.94. The topological polar surface area (TPSA) is 41.6 Å². The van der Waals surface area contributed by atoms with Gasteiger partial charge in [-0.3, -0.25) is 5.10 Å². The fourth-order valence-electron chi connectivity index (χ4n) is 0.564. The molecule has 0 radical (unpaired) electrons. The number of H-pyrrole nitrogens is 1. The summed E-state index contributed by atoms with van der Waals surface area (Å²) in [7, 11) is 0. The first-order valence-corrected chi connectivity index (χ1v) is 2.89.